The molecule has 0 aliphatic carbocycles. The number of para-hydroxylation sites is 2. The van der Waals surface area contributed by atoms with Crippen LogP contribution in [-0.4, -0.2) is 59.9 Å². The number of nitrogens with one attached hydrogen (secondary N) is 2. The van der Waals surface area contributed by atoms with E-state index in [-0.39, 0.29) is 5.91 Å². The molecule has 1 aromatic heterocycles. The van der Waals surface area contributed by atoms with Crippen molar-refractivity contribution in [1.82, 2.24) is 4.90 Å². The minimum Gasteiger partial charge on any atom is -0.465 e. The number of carbonyl (C=O) groups is 3. The summed E-state index contributed by atoms with van der Waals surface area (Å²) in [5, 5.41) is 15.5. The fraction of sp³-hybridized carbons (Fsp3) is 0.381. The number of hydrogen-bond acceptors (Lipinski definition) is 6. The van der Waals surface area contributed by atoms with Gasteiger partial charge >= 0.3 is 12.2 Å². The molecular formula is C21H26N4O5S. The Morgan fingerprint density at radius 3 is 2.16 bits per heavy atom. The molecule has 1 aromatic carbocycles. The van der Waals surface area contributed by atoms with Gasteiger partial charge in [-0.2, -0.15) is 0 Å². The zero-order valence-corrected chi connectivity index (χ0v) is 18.5. The average Bonchev–Trinajstić information content (AvgIpc) is 3.18. The van der Waals surface area contributed by atoms with Gasteiger partial charge in [0.25, 0.3) is 5.91 Å². The van der Waals surface area contributed by atoms with Gasteiger partial charge in [-0.25, -0.2) is 9.59 Å². The molecule has 0 spiro atoms. The van der Waals surface area contributed by atoms with Crippen molar-refractivity contribution in [2.24, 2.45) is 0 Å². The van der Waals surface area contributed by atoms with Crippen LogP contribution in [0.15, 0.2) is 36.4 Å². The molecule has 0 atom stereocenters. The van der Waals surface area contributed by atoms with Crippen molar-refractivity contribution in [3.05, 3.63) is 41.3 Å². The fourth-order valence-corrected chi connectivity index (χ4v) is 3.99. The van der Waals surface area contributed by atoms with Gasteiger partial charge in [0, 0.05) is 26.2 Å². The minimum absolute atomic E-state index is 0.293. The molecule has 0 unspecified atom stereocenters. The lowest BCUT2D eigenvalue weighted by Crippen LogP contribution is -2.48. The summed E-state index contributed by atoms with van der Waals surface area (Å²) in [6.07, 6.45) is -1.52. The monoisotopic (exact) mass is 446 g/mol. The number of carbonyl (C=O) groups excluding carboxylic acids is 2. The summed E-state index contributed by atoms with van der Waals surface area (Å²) in [6, 6.07) is 10.5. The summed E-state index contributed by atoms with van der Waals surface area (Å²) in [6.45, 7) is 7.34. The molecule has 0 saturated carbocycles. The van der Waals surface area contributed by atoms with Crippen molar-refractivity contribution in [3.63, 3.8) is 0 Å². The number of amides is 3. The number of carboxylic acid groups (broad SMARTS) is 1. The first-order valence-electron chi connectivity index (χ1n) is 9.85. The number of rotatable bonds is 4. The Morgan fingerprint density at radius 1 is 0.968 bits per heavy atom. The van der Waals surface area contributed by atoms with Crippen molar-refractivity contribution in [2.45, 2.75) is 26.4 Å². The smallest absolute Gasteiger partial charge is 0.412 e. The first-order valence-corrected chi connectivity index (χ1v) is 10.7. The third-order valence-corrected chi connectivity index (χ3v) is 5.63. The highest BCUT2D eigenvalue weighted by Crippen LogP contribution is 2.29. The maximum Gasteiger partial charge on any atom is 0.412 e. The molecule has 1 aliphatic heterocycles. The first kappa shape index (κ1) is 22.4. The SMILES string of the molecule is CC(C)(C)OC(=O)Nc1ccccc1NC(=O)c1ccc(N2CCN(C(=O)O)CC2)s1. The van der Waals surface area contributed by atoms with Gasteiger partial charge in [0.05, 0.1) is 21.3 Å². The van der Waals surface area contributed by atoms with E-state index < -0.39 is 17.8 Å². The summed E-state index contributed by atoms with van der Waals surface area (Å²) in [5.74, 6) is -0.293. The Labute approximate surface area is 184 Å². The van der Waals surface area contributed by atoms with Gasteiger partial charge in [-0.15, -0.1) is 11.3 Å². The second-order valence-corrected chi connectivity index (χ2v) is 9.08. The average molecular weight is 447 g/mol. The quantitative estimate of drug-likeness (QED) is 0.651. The Hall–Kier alpha value is -3.27. The number of thiophene rings is 1. The van der Waals surface area contributed by atoms with Gasteiger partial charge in [-0.05, 0) is 45.0 Å². The van der Waals surface area contributed by atoms with Crippen LogP contribution in [0.4, 0.5) is 26.0 Å². The summed E-state index contributed by atoms with van der Waals surface area (Å²) in [4.78, 5) is 39.9. The summed E-state index contributed by atoms with van der Waals surface area (Å²) < 4.78 is 5.27. The van der Waals surface area contributed by atoms with E-state index in [4.69, 9.17) is 9.84 Å². The molecule has 10 heteroatoms. The molecular weight excluding hydrogens is 420 g/mol. The van der Waals surface area contributed by atoms with E-state index in [1.54, 1.807) is 51.1 Å². The van der Waals surface area contributed by atoms with Gasteiger partial charge < -0.3 is 25.0 Å². The fourth-order valence-electron chi connectivity index (χ4n) is 3.04. The Morgan fingerprint density at radius 2 is 1.58 bits per heavy atom. The van der Waals surface area contributed by atoms with E-state index >= 15 is 0 Å². The molecule has 31 heavy (non-hydrogen) atoms. The molecule has 3 N–H and O–H groups in total. The highest BCUT2D eigenvalue weighted by atomic mass is 32.1. The zero-order chi connectivity index (χ0) is 22.6. The predicted octanol–water partition coefficient (Wildman–Crippen LogP) is 4.15. The summed E-state index contributed by atoms with van der Waals surface area (Å²) in [5.41, 5.74) is 0.265. The minimum atomic E-state index is -0.912. The van der Waals surface area contributed by atoms with Crippen LogP contribution < -0.4 is 15.5 Å². The Kier molecular flexibility index (Phi) is 6.69. The predicted molar refractivity (Wildman–Crippen MR) is 120 cm³/mol. The van der Waals surface area contributed by atoms with Crippen LogP contribution in [0, 0.1) is 0 Å². The van der Waals surface area contributed by atoms with Gasteiger partial charge in [0.1, 0.15) is 5.60 Å². The zero-order valence-electron chi connectivity index (χ0n) is 17.7. The van der Waals surface area contributed by atoms with Gasteiger partial charge in [0.2, 0.25) is 0 Å². The molecule has 2 heterocycles. The van der Waals surface area contributed by atoms with E-state index in [0.29, 0.717) is 42.4 Å². The van der Waals surface area contributed by atoms with Crippen LogP contribution >= 0.6 is 11.3 Å². The van der Waals surface area contributed by atoms with Gasteiger partial charge in [0.15, 0.2) is 0 Å². The van der Waals surface area contributed by atoms with Crippen molar-refractivity contribution >= 4 is 45.8 Å². The van der Waals surface area contributed by atoms with E-state index in [2.05, 4.69) is 15.5 Å². The number of ether oxygens (including phenoxy) is 1. The molecule has 2 aromatic rings. The lowest BCUT2D eigenvalue weighted by atomic mass is 10.2. The lowest BCUT2D eigenvalue weighted by molar-refractivity contribution is 0.0635. The molecule has 1 fully saturated rings. The largest absolute Gasteiger partial charge is 0.465 e. The summed E-state index contributed by atoms with van der Waals surface area (Å²) in [7, 11) is 0. The van der Waals surface area contributed by atoms with E-state index in [0.717, 1.165) is 5.00 Å². The third kappa shape index (κ3) is 6.11. The number of hydrogen-bond donors (Lipinski definition) is 3. The third-order valence-electron chi connectivity index (χ3n) is 4.49. The number of anilines is 3. The molecule has 166 valence electrons. The second-order valence-electron chi connectivity index (χ2n) is 8.02. The second kappa shape index (κ2) is 9.25. The van der Waals surface area contributed by atoms with Crippen LogP contribution in [0.25, 0.3) is 0 Å². The number of piperazine rings is 1. The molecule has 0 bridgehead atoms. The first-order chi connectivity index (χ1) is 14.6. The van der Waals surface area contributed by atoms with Gasteiger partial charge in [-0.3, -0.25) is 10.1 Å². The molecule has 3 rings (SSSR count). The van der Waals surface area contributed by atoms with Gasteiger partial charge in [-0.1, -0.05) is 12.1 Å². The molecule has 3 amide bonds. The highest BCUT2D eigenvalue weighted by molar-refractivity contribution is 7.18. The van der Waals surface area contributed by atoms with Crippen molar-refractivity contribution in [3.8, 4) is 0 Å². The highest BCUT2D eigenvalue weighted by Gasteiger charge is 2.23. The van der Waals surface area contributed by atoms with E-state index in [1.165, 1.54) is 16.2 Å². The standard InChI is InChI=1S/C21H26N4O5S/c1-21(2,3)30-19(27)23-15-7-5-4-6-14(15)22-18(26)16-8-9-17(31-16)24-10-12-25(13-11-24)20(28)29/h4-9H,10-13H2,1-3H3,(H,22,26)(H,23,27)(H,28,29). The Bertz CT molecular complexity index is 961. The van der Waals surface area contributed by atoms with Crippen LogP contribution in [0.1, 0.15) is 30.4 Å². The van der Waals surface area contributed by atoms with Crippen LogP contribution in [0.5, 0.6) is 0 Å². The van der Waals surface area contributed by atoms with E-state index in [1.807, 2.05) is 6.07 Å². The maximum atomic E-state index is 12.8. The van der Waals surface area contributed by atoms with Crippen molar-refractivity contribution < 1.29 is 24.2 Å². The summed E-state index contributed by atoms with van der Waals surface area (Å²) >= 11 is 1.34. The number of nitrogens with zero attached hydrogens (tertiary/aromatic N) is 2. The van der Waals surface area contributed by atoms with Crippen LogP contribution in [-0.2, 0) is 4.74 Å². The van der Waals surface area contributed by atoms with Crippen LogP contribution in [0.3, 0.4) is 0 Å². The Balaban J connectivity index is 1.64. The normalized spacial score (nSPS) is 14.2. The molecule has 1 aliphatic rings. The van der Waals surface area contributed by atoms with Crippen molar-refractivity contribution in [1.29, 1.82) is 0 Å². The molecule has 0 radical (unpaired) electrons. The molecule has 1 saturated heterocycles. The van der Waals surface area contributed by atoms with Crippen molar-refractivity contribution in [2.75, 3.05) is 41.7 Å². The lowest BCUT2D eigenvalue weighted by Gasteiger charge is -2.33. The number of benzene rings is 1. The van der Waals surface area contributed by atoms with Crippen LogP contribution in [0.2, 0.25) is 0 Å². The molecule has 9 nitrogen and oxygen atoms in total. The topological polar surface area (TPSA) is 111 Å². The maximum absolute atomic E-state index is 12.8. The van der Waals surface area contributed by atoms with E-state index in [9.17, 15) is 14.4 Å².